The summed E-state index contributed by atoms with van der Waals surface area (Å²) >= 11 is 5.10. The molecule has 20 heavy (non-hydrogen) atoms. The van der Waals surface area contributed by atoms with Gasteiger partial charge in [-0.05, 0) is 13.0 Å². The van der Waals surface area contributed by atoms with Crippen molar-refractivity contribution < 1.29 is 22.7 Å². The Kier molecular flexibility index (Phi) is 3.89. The monoisotopic (exact) mass is 301 g/mol. The molecule has 1 unspecified atom stereocenters. The van der Waals surface area contributed by atoms with E-state index in [1.807, 2.05) is 0 Å². The number of alkyl halides is 3. The highest BCUT2D eigenvalue weighted by Crippen LogP contribution is 2.40. The van der Waals surface area contributed by atoms with E-state index >= 15 is 0 Å². The van der Waals surface area contributed by atoms with Gasteiger partial charge in [-0.3, -0.25) is 9.79 Å². The highest BCUT2D eigenvalue weighted by Gasteiger charge is 2.37. The molecule has 0 aliphatic carbocycles. The van der Waals surface area contributed by atoms with E-state index in [0.717, 1.165) is 12.3 Å². The number of hydrogen-bond donors (Lipinski definition) is 0. The molecule has 1 aliphatic heterocycles. The number of rotatable bonds is 2. The molecule has 7 heteroatoms. The van der Waals surface area contributed by atoms with Crippen LogP contribution in [0.2, 0.25) is 0 Å². The van der Waals surface area contributed by atoms with Gasteiger partial charge in [-0.2, -0.15) is 13.2 Å². The van der Waals surface area contributed by atoms with Crippen LogP contribution in [0.25, 0.3) is 0 Å². The van der Waals surface area contributed by atoms with Crippen LogP contribution in [0.15, 0.2) is 23.2 Å². The normalized spacial score (nSPS) is 17.8. The van der Waals surface area contributed by atoms with Crippen LogP contribution >= 0.6 is 12.2 Å². The van der Waals surface area contributed by atoms with Crippen LogP contribution in [0.5, 0.6) is 0 Å². The van der Waals surface area contributed by atoms with E-state index in [1.54, 1.807) is 6.92 Å². The minimum absolute atomic E-state index is 0.0968. The molecule has 1 atom stereocenters. The Morgan fingerprint density at radius 2 is 2.15 bits per heavy atom. The fourth-order valence-electron chi connectivity index (χ4n) is 1.89. The van der Waals surface area contributed by atoms with E-state index in [2.05, 4.69) is 4.99 Å². The third-order valence-corrected chi connectivity index (χ3v) is 3.26. The maximum Gasteiger partial charge on any atom is 0.418 e. The van der Waals surface area contributed by atoms with Crippen LogP contribution in [0.1, 0.15) is 18.1 Å². The first-order valence-corrected chi connectivity index (χ1v) is 6.22. The minimum Gasteiger partial charge on any atom is -0.465 e. The van der Waals surface area contributed by atoms with Crippen molar-refractivity contribution >= 4 is 35.0 Å². The molecule has 106 valence electrons. The molecule has 0 amide bonds. The Balaban J connectivity index is 2.46. The molecule has 0 saturated heterocycles. The number of hydrogen-bond acceptors (Lipinski definition) is 4. The largest absolute Gasteiger partial charge is 0.465 e. The zero-order chi connectivity index (χ0) is 14.9. The van der Waals surface area contributed by atoms with Gasteiger partial charge >= 0.3 is 12.1 Å². The first-order chi connectivity index (χ1) is 9.36. The fraction of sp³-hybridized carbons (Fsp3) is 0.308. The predicted molar refractivity (Wildman–Crippen MR) is 71.4 cm³/mol. The maximum absolute atomic E-state index is 12.9. The van der Waals surface area contributed by atoms with Crippen molar-refractivity contribution in [2.45, 2.75) is 13.1 Å². The van der Waals surface area contributed by atoms with Crippen molar-refractivity contribution in [2.24, 2.45) is 10.9 Å². The summed E-state index contributed by atoms with van der Waals surface area (Å²) in [6.45, 7) is 1.80. The molecule has 2 rings (SSSR count). The lowest BCUT2D eigenvalue weighted by atomic mass is 9.93. The lowest BCUT2D eigenvalue weighted by molar-refractivity contribution is -0.143. The van der Waals surface area contributed by atoms with E-state index in [1.165, 1.54) is 12.1 Å². The average Bonchev–Trinajstić information content (AvgIpc) is 2.37. The SMILES string of the molecule is CCOC(=O)C1C=Nc2c(cccc2C(F)(F)F)C1=S. The van der Waals surface area contributed by atoms with Crippen molar-refractivity contribution in [1.29, 1.82) is 0 Å². The number of halogens is 3. The van der Waals surface area contributed by atoms with E-state index in [4.69, 9.17) is 17.0 Å². The van der Waals surface area contributed by atoms with Gasteiger partial charge in [0.25, 0.3) is 0 Å². The number of carbonyl (C=O) groups excluding carboxylic acids is 1. The zero-order valence-electron chi connectivity index (χ0n) is 10.4. The minimum atomic E-state index is -4.52. The molecule has 0 saturated carbocycles. The second-order valence-corrected chi connectivity index (χ2v) is 4.51. The standard InChI is InChI=1S/C13H10F3NO2S/c1-2-19-12(18)8-6-17-10-7(11(8)20)4-3-5-9(10)13(14,15)16/h3-6,8H,2H2,1H3. The third-order valence-electron chi connectivity index (χ3n) is 2.78. The highest BCUT2D eigenvalue weighted by molar-refractivity contribution is 7.81. The summed E-state index contributed by atoms with van der Waals surface area (Å²) in [4.78, 5) is 15.5. The summed E-state index contributed by atoms with van der Waals surface area (Å²) in [6.07, 6.45) is -3.41. The van der Waals surface area contributed by atoms with Gasteiger partial charge in [0.1, 0.15) is 5.92 Å². The van der Waals surface area contributed by atoms with Crippen LogP contribution in [0.4, 0.5) is 18.9 Å². The van der Waals surface area contributed by atoms with Crippen molar-refractivity contribution in [1.82, 2.24) is 0 Å². The molecule has 1 aromatic carbocycles. The molecule has 1 aliphatic rings. The molecular weight excluding hydrogens is 291 g/mol. The number of fused-ring (bicyclic) bond motifs is 1. The molecule has 0 radical (unpaired) electrons. The number of aliphatic imine (C=N–C) groups is 1. The zero-order valence-corrected chi connectivity index (χ0v) is 11.2. The van der Waals surface area contributed by atoms with Crippen LogP contribution in [0.3, 0.4) is 0 Å². The van der Waals surface area contributed by atoms with Crippen LogP contribution in [0, 0.1) is 5.92 Å². The summed E-state index contributed by atoms with van der Waals surface area (Å²) in [5.74, 6) is -1.52. The first kappa shape index (κ1) is 14.6. The number of thiocarbonyl (C=S) groups is 1. The number of ether oxygens (including phenoxy) is 1. The van der Waals surface area contributed by atoms with Crippen LogP contribution < -0.4 is 0 Å². The van der Waals surface area contributed by atoms with E-state index in [9.17, 15) is 18.0 Å². The van der Waals surface area contributed by atoms with E-state index in [0.29, 0.717) is 0 Å². The van der Waals surface area contributed by atoms with Crippen LogP contribution in [-0.4, -0.2) is 23.7 Å². The molecule has 0 spiro atoms. The Labute approximate surface area is 118 Å². The summed E-state index contributed by atoms with van der Waals surface area (Å²) in [5, 5.41) is 0. The average molecular weight is 301 g/mol. The summed E-state index contributed by atoms with van der Waals surface area (Å²) in [5.41, 5.74) is -0.961. The molecule has 0 N–H and O–H groups in total. The predicted octanol–water partition coefficient (Wildman–Crippen LogP) is 3.32. The Morgan fingerprint density at radius 1 is 1.45 bits per heavy atom. The van der Waals surface area contributed by atoms with Crippen molar-refractivity contribution in [3.8, 4) is 0 Å². The number of esters is 1. The molecule has 1 heterocycles. The van der Waals surface area contributed by atoms with Gasteiger partial charge in [0.15, 0.2) is 0 Å². The van der Waals surface area contributed by atoms with Gasteiger partial charge in [-0.25, -0.2) is 0 Å². The van der Waals surface area contributed by atoms with Gasteiger partial charge in [-0.15, -0.1) is 0 Å². The van der Waals surface area contributed by atoms with Gasteiger partial charge in [0, 0.05) is 16.6 Å². The van der Waals surface area contributed by atoms with Gasteiger partial charge in [0.2, 0.25) is 0 Å². The number of benzene rings is 1. The molecule has 0 fully saturated rings. The second-order valence-electron chi connectivity index (χ2n) is 4.07. The first-order valence-electron chi connectivity index (χ1n) is 5.81. The van der Waals surface area contributed by atoms with Gasteiger partial charge < -0.3 is 4.74 Å². The van der Waals surface area contributed by atoms with Crippen molar-refractivity contribution in [3.63, 3.8) is 0 Å². The number of para-hydroxylation sites is 1. The highest BCUT2D eigenvalue weighted by atomic mass is 32.1. The lowest BCUT2D eigenvalue weighted by Crippen LogP contribution is -2.29. The molecule has 1 aromatic rings. The maximum atomic E-state index is 12.9. The van der Waals surface area contributed by atoms with E-state index in [-0.39, 0.29) is 22.7 Å². The van der Waals surface area contributed by atoms with Crippen LogP contribution in [-0.2, 0) is 15.7 Å². The summed E-state index contributed by atoms with van der Waals surface area (Å²) in [7, 11) is 0. The van der Waals surface area contributed by atoms with E-state index < -0.39 is 23.6 Å². The molecule has 0 aromatic heterocycles. The Morgan fingerprint density at radius 3 is 2.75 bits per heavy atom. The fourth-order valence-corrected chi connectivity index (χ4v) is 2.22. The van der Waals surface area contributed by atoms with Gasteiger partial charge in [0.05, 0.1) is 17.9 Å². The number of carbonyl (C=O) groups is 1. The summed E-state index contributed by atoms with van der Waals surface area (Å²) in [6, 6.07) is 3.61. The smallest absolute Gasteiger partial charge is 0.418 e. The van der Waals surface area contributed by atoms with Crippen molar-refractivity contribution in [3.05, 3.63) is 29.3 Å². The second kappa shape index (κ2) is 5.32. The van der Waals surface area contributed by atoms with Gasteiger partial charge in [-0.1, -0.05) is 24.4 Å². The van der Waals surface area contributed by atoms with Crippen molar-refractivity contribution in [2.75, 3.05) is 6.61 Å². The molecule has 0 bridgehead atoms. The third kappa shape index (κ3) is 2.58. The molecule has 3 nitrogen and oxygen atoms in total. The lowest BCUT2D eigenvalue weighted by Gasteiger charge is -2.21. The molecular formula is C13H10F3NO2S. The quantitative estimate of drug-likeness (QED) is 0.621. The number of nitrogens with zero attached hydrogens (tertiary/aromatic N) is 1. The Hall–Kier alpha value is -1.76. The Bertz CT molecular complexity index is 596. The topological polar surface area (TPSA) is 38.7 Å². The summed E-state index contributed by atoms with van der Waals surface area (Å²) < 4.78 is 43.4.